The first kappa shape index (κ1) is 18.3. The lowest BCUT2D eigenvalue weighted by Gasteiger charge is -2.20. The van der Waals surface area contributed by atoms with E-state index in [1.165, 1.54) is 5.56 Å². The third kappa shape index (κ3) is 3.17. The fourth-order valence-electron chi connectivity index (χ4n) is 3.84. The molecule has 0 radical (unpaired) electrons. The average Bonchev–Trinajstić information content (AvgIpc) is 3.01. The number of nitrogens with zero attached hydrogens (tertiary/aromatic N) is 1. The number of nitrogens with two attached hydrogens (primary N) is 1. The molecule has 0 aliphatic heterocycles. The van der Waals surface area contributed by atoms with Crippen LogP contribution in [0.2, 0.25) is 0 Å². The van der Waals surface area contributed by atoms with Crippen molar-refractivity contribution in [1.82, 2.24) is 4.98 Å². The number of hydrogen-bond donors (Lipinski definition) is 2. The number of amides is 1. The van der Waals surface area contributed by atoms with Crippen LogP contribution in [0.15, 0.2) is 58.1 Å². The van der Waals surface area contributed by atoms with E-state index in [-0.39, 0.29) is 5.57 Å². The molecule has 0 atom stereocenters. The number of nitrogens with one attached hydrogen (secondary N) is 1. The van der Waals surface area contributed by atoms with E-state index in [4.69, 9.17) is 5.73 Å². The van der Waals surface area contributed by atoms with E-state index in [0.29, 0.717) is 5.57 Å². The summed E-state index contributed by atoms with van der Waals surface area (Å²) in [4.78, 5) is 15.5. The predicted molar refractivity (Wildman–Crippen MR) is 115 cm³/mol. The number of hydrogen-bond acceptors (Lipinski definition) is 2. The Morgan fingerprint density at radius 1 is 1.25 bits per heavy atom. The summed E-state index contributed by atoms with van der Waals surface area (Å²) < 4.78 is 0.973. The van der Waals surface area contributed by atoms with Gasteiger partial charge in [-0.1, -0.05) is 45.8 Å². The number of fused-ring (bicyclic) bond motifs is 3. The largest absolute Gasteiger partial charge is 0.365 e. The first-order valence-corrected chi connectivity index (χ1v) is 9.79. The summed E-state index contributed by atoms with van der Waals surface area (Å²) in [6.07, 6.45) is 3.59. The highest BCUT2D eigenvalue weighted by Gasteiger charge is 2.27. The summed E-state index contributed by atoms with van der Waals surface area (Å²) in [6, 6.07) is 16.2. The Morgan fingerprint density at radius 3 is 2.79 bits per heavy atom. The van der Waals surface area contributed by atoms with Gasteiger partial charge in [-0.2, -0.15) is 5.26 Å². The predicted octanol–water partition coefficient (Wildman–Crippen LogP) is 5.03. The number of allylic oxidation sites excluding steroid dienone is 2. The molecule has 0 saturated carbocycles. The molecular formula is C23H18BrN3O. The Labute approximate surface area is 171 Å². The highest BCUT2D eigenvalue weighted by molar-refractivity contribution is 9.10. The number of aromatic amines is 1. The standard InChI is InChI=1S/C23H18BrN3O/c1-13-5-8-20-18(9-13)17-7-6-15(10-14-3-2-4-16(24)11-14)21(22(17)27-20)19(12-25)23(26)28/h2-5,8-11,27H,6-7H2,1H3,(H2,26,28)/b15-10+,21-19-. The Kier molecular flexibility index (Phi) is 4.66. The topological polar surface area (TPSA) is 82.7 Å². The highest BCUT2D eigenvalue weighted by atomic mass is 79.9. The SMILES string of the molecule is Cc1ccc2[nH]c3c(c2c1)CCC(=C\c1cccc(Br)c1)/C3=C(\C#N)C(N)=O. The Hall–Kier alpha value is -3.10. The zero-order valence-corrected chi connectivity index (χ0v) is 16.9. The van der Waals surface area contributed by atoms with Gasteiger partial charge < -0.3 is 10.7 Å². The molecule has 2 aromatic carbocycles. The molecule has 28 heavy (non-hydrogen) atoms. The zero-order valence-electron chi connectivity index (χ0n) is 15.3. The van der Waals surface area contributed by atoms with Gasteiger partial charge in [0.1, 0.15) is 11.6 Å². The van der Waals surface area contributed by atoms with Crippen molar-refractivity contribution in [3.8, 4) is 6.07 Å². The number of carbonyl (C=O) groups is 1. The molecule has 0 spiro atoms. The Bertz CT molecular complexity index is 1220. The van der Waals surface area contributed by atoms with Gasteiger partial charge in [0, 0.05) is 20.9 Å². The van der Waals surface area contributed by atoms with Crippen molar-refractivity contribution >= 4 is 44.4 Å². The molecule has 4 rings (SSSR count). The average molecular weight is 432 g/mol. The van der Waals surface area contributed by atoms with Gasteiger partial charge in [0.2, 0.25) is 0 Å². The van der Waals surface area contributed by atoms with E-state index in [1.54, 1.807) is 0 Å². The third-order valence-electron chi connectivity index (χ3n) is 5.07. The number of benzene rings is 2. The van der Waals surface area contributed by atoms with Crippen molar-refractivity contribution in [3.05, 3.63) is 80.5 Å². The van der Waals surface area contributed by atoms with Crippen LogP contribution >= 0.6 is 15.9 Å². The minimum Gasteiger partial charge on any atom is -0.365 e. The smallest absolute Gasteiger partial charge is 0.260 e. The van der Waals surface area contributed by atoms with E-state index in [2.05, 4.69) is 33.9 Å². The van der Waals surface area contributed by atoms with Crippen LogP contribution in [-0.2, 0) is 11.2 Å². The van der Waals surface area contributed by atoms with E-state index in [0.717, 1.165) is 50.6 Å². The first-order valence-electron chi connectivity index (χ1n) is 9.00. The van der Waals surface area contributed by atoms with Crippen LogP contribution in [0.5, 0.6) is 0 Å². The molecule has 1 aliphatic rings. The van der Waals surface area contributed by atoms with Crippen molar-refractivity contribution in [2.24, 2.45) is 5.73 Å². The lowest BCUT2D eigenvalue weighted by Crippen LogP contribution is -2.17. The van der Waals surface area contributed by atoms with Crippen LogP contribution in [0.1, 0.15) is 28.8 Å². The number of rotatable bonds is 2. The van der Waals surface area contributed by atoms with Crippen LogP contribution < -0.4 is 5.73 Å². The molecule has 0 fully saturated rings. The molecule has 1 heterocycles. The summed E-state index contributed by atoms with van der Waals surface area (Å²) in [5.41, 5.74) is 12.2. The van der Waals surface area contributed by atoms with Gasteiger partial charge in [0.25, 0.3) is 5.91 Å². The lowest BCUT2D eigenvalue weighted by atomic mass is 9.83. The van der Waals surface area contributed by atoms with Crippen LogP contribution in [-0.4, -0.2) is 10.9 Å². The molecule has 4 nitrogen and oxygen atoms in total. The van der Waals surface area contributed by atoms with Gasteiger partial charge in [0.15, 0.2) is 0 Å². The third-order valence-corrected chi connectivity index (χ3v) is 5.57. The van der Waals surface area contributed by atoms with E-state index in [1.807, 2.05) is 48.5 Å². The quantitative estimate of drug-likeness (QED) is 0.440. The van der Waals surface area contributed by atoms with Crippen molar-refractivity contribution in [3.63, 3.8) is 0 Å². The monoisotopic (exact) mass is 431 g/mol. The number of aryl methyl sites for hydroxylation is 2. The second kappa shape index (κ2) is 7.14. The maximum atomic E-state index is 12.1. The number of nitriles is 1. The van der Waals surface area contributed by atoms with Gasteiger partial charge >= 0.3 is 0 Å². The molecule has 5 heteroatoms. The van der Waals surface area contributed by atoms with E-state index in [9.17, 15) is 10.1 Å². The summed E-state index contributed by atoms with van der Waals surface area (Å²) in [5.74, 6) is -0.708. The van der Waals surface area contributed by atoms with Crippen LogP contribution in [0.4, 0.5) is 0 Å². The lowest BCUT2D eigenvalue weighted by molar-refractivity contribution is -0.114. The Balaban J connectivity index is 2.00. The van der Waals surface area contributed by atoms with Crippen LogP contribution in [0.25, 0.3) is 22.6 Å². The first-order chi connectivity index (χ1) is 13.5. The van der Waals surface area contributed by atoms with Crippen LogP contribution in [0, 0.1) is 18.3 Å². The van der Waals surface area contributed by atoms with E-state index < -0.39 is 5.91 Å². The summed E-state index contributed by atoms with van der Waals surface area (Å²) in [7, 11) is 0. The molecule has 1 amide bonds. The minimum absolute atomic E-state index is 0.00882. The van der Waals surface area contributed by atoms with Crippen molar-refractivity contribution in [1.29, 1.82) is 5.26 Å². The summed E-state index contributed by atoms with van der Waals surface area (Å²) in [6.45, 7) is 2.06. The van der Waals surface area contributed by atoms with Gasteiger partial charge in [-0.3, -0.25) is 4.79 Å². The van der Waals surface area contributed by atoms with Crippen molar-refractivity contribution < 1.29 is 4.79 Å². The normalized spacial score (nSPS) is 16.7. The highest BCUT2D eigenvalue weighted by Crippen LogP contribution is 2.41. The van der Waals surface area contributed by atoms with Crippen molar-refractivity contribution in [2.45, 2.75) is 19.8 Å². The maximum absolute atomic E-state index is 12.1. The molecule has 138 valence electrons. The van der Waals surface area contributed by atoms with Gasteiger partial charge in [0.05, 0.1) is 5.69 Å². The minimum atomic E-state index is -0.708. The fraction of sp³-hybridized carbons (Fsp3) is 0.130. The molecule has 0 bridgehead atoms. The molecule has 3 aromatic rings. The fourth-order valence-corrected chi connectivity index (χ4v) is 4.26. The molecule has 0 saturated heterocycles. The number of primary amides is 1. The number of carbonyl (C=O) groups excluding carboxylic acids is 1. The number of H-pyrrole nitrogens is 1. The maximum Gasteiger partial charge on any atom is 0.260 e. The Morgan fingerprint density at radius 2 is 2.07 bits per heavy atom. The summed E-state index contributed by atoms with van der Waals surface area (Å²) >= 11 is 3.49. The molecular weight excluding hydrogens is 414 g/mol. The molecule has 0 unspecified atom stereocenters. The second-order valence-corrected chi connectivity index (χ2v) is 7.89. The zero-order chi connectivity index (χ0) is 19.8. The van der Waals surface area contributed by atoms with Crippen LogP contribution in [0.3, 0.4) is 0 Å². The number of aromatic nitrogens is 1. The molecule has 1 aliphatic carbocycles. The number of halogens is 1. The molecule has 1 aromatic heterocycles. The van der Waals surface area contributed by atoms with Gasteiger partial charge in [-0.15, -0.1) is 0 Å². The molecule has 3 N–H and O–H groups in total. The van der Waals surface area contributed by atoms with Crippen molar-refractivity contribution in [2.75, 3.05) is 0 Å². The van der Waals surface area contributed by atoms with Gasteiger partial charge in [-0.05, 0) is 60.7 Å². The van der Waals surface area contributed by atoms with E-state index >= 15 is 0 Å². The summed E-state index contributed by atoms with van der Waals surface area (Å²) in [5, 5.41) is 10.8. The van der Waals surface area contributed by atoms with Gasteiger partial charge in [-0.25, -0.2) is 0 Å². The second-order valence-electron chi connectivity index (χ2n) is 6.98.